The number of hydrogen-bond acceptors (Lipinski definition) is 4. The van der Waals surface area contributed by atoms with Gasteiger partial charge >= 0.3 is 0 Å². The summed E-state index contributed by atoms with van der Waals surface area (Å²) in [7, 11) is 0. The predicted molar refractivity (Wildman–Crippen MR) is 23.3 cm³/mol. The second-order valence-electron chi connectivity index (χ2n) is 0.620. The average Bonchev–Trinajstić information content (AvgIpc) is 1.61. The summed E-state index contributed by atoms with van der Waals surface area (Å²) >= 11 is 0.266. The molecule has 0 saturated carbocycles. The van der Waals surface area contributed by atoms with Crippen LogP contribution < -0.4 is 0 Å². The lowest BCUT2D eigenvalue weighted by atomic mass is 10.8. The molecule has 0 aromatic heterocycles. The second kappa shape index (κ2) is 5.23. The van der Waals surface area contributed by atoms with Gasteiger partial charge < -0.3 is 9.66 Å². The first-order valence-corrected chi connectivity index (χ1v) is 2.15. The Balaban J connectivity index is 2.34. The Kier molecular flexibility index (Phi) is 5.43. The van der Waals surface area contributed by atoms with E-state index < -0.39 is 0 Å². The molecule has 0 atom stereocenters. The zero-order chi connectivity index (χ0) is 4.83. The summed E-state index contributed by atoms with van der Waals surface area (Å²) < 4.78 is 12.0. The van der Waals surface area contributed by atoms with Gasteiger partial charge in [0.1, 0.15) is 0 Å². The molecule has 0 bridgehead atoms. The average molecular weight is 110 g/mol. The van der Waals surface area contributed by atoms with Gasteiger partial charge in [0.25, 0.3) is 0 Å². The van der Waals surface area contributed by atoms with Crippen LogP contribution in [0, 0.1) is 0 Å². The maximum Gasteiger partial charge on any atom is 0.155 e. The summed E-state index contributed by atoms with van der Waals surface area (Å²) in [5, 5.41) is 7.95. The van der Waals surface area contributed by atoms with Crippen molar-refractivity contribution in [2.45, 2.75) is 0 Å². The fourth-order valence-corrected chi connectivity index (χ4v) is 0.224. The van der Waals surface area contributed by atoms with Crippen LogP contribution >= 0.6 is 12.3 Å². The Hall–Kier alpha value is 0.230. The van der Waals surface area contributed by atoms with Crippen molar-refractivity contribution in [1.29, 1.82) is 0 Å². The van der Waals surface area contributed by atoms with E-state index in [1.165, 1.54) is 0 Å². The van der Waals surface area contributed by atoms with E-state index in [9.17, 15) is 0 Å². The first kappa shape index (κ1) is 6.23. The van der Waals surface area contributed by atoms with Crippen molar-refractivity contribution < 1.29 is 13.8 Å². The summed E-state index contributed by atoms with van der Waals surface area (Å²) in [5.74, 6) is 0. The van der Waals surface area contributed by atoms with Gasteiger partial charge in [-0.15, -0.1) is 0 Å². The van der Waals surface area contributed by atoms with Crippen molar-refractivity contribution in [3.8, 4) is 0 Å². The number of aliphatic hydroxyl groups excluding tert-OH is 1. The molecule has 0 spiro atoms. The molecule has 0 rings (SSSR count). The first-order chi connectivity index (χ1) is 2.91. The van der Waals surface area contributed by atoms with Gasteiger partial charge in [0, 0.05) is 0 Å². The van der Waals surface area contributed by atoms with Crippen molar-refractivity contribution in [3.05, 3.63) is 0 Å². The Labute approximate surface area is 40.3 Å². The molecule has 3 nitrogen and oxygen atoms in total. The van der Waals surface area contributed by atoms with E-state index in [-0.39, 0.29) is 25.5 Å². The molecule has 4 heteroatoms. The fourth-order valence-electron chi connectivity index (χ4n) is 0.0745. The highest BCUT2D eigenvalue weighted by molar-refractivity contribution is 7.88. The van der Waals surface area contributed by atoms with E-state index in [1.54, 1.807) is 0 Å². The molecule has 0 aliphatic rings. The van der Waals surface area contributed by atoms with Gasteiger partial charge in [-0.1, -0.05) is 0 Å². The lowest BCUT2D eigenvalue weighted by molar-refractivity contribution is 0.213. The molecule has 0 aliphatic carbocycles. The zero-order valence-corrected chi connectivity index (χ0v) is 3.94. The van der Waals surface area contributed by atoms with Gasteiger partial charge in [-0.05, 0) is 0 Å². The summed E-state index contributed by atoms with van der Waals surface area (Å²) in [6, 6.07) is 0. The van der Waals surface area contributed by atoms with Crippen molar-refractivity contribution in [2.75, 3.05) is 13.2 Å². The number of hydrogen-bond donors (Lipinski definition) is 2. The minimum atomic E-state index is -0.0481. The lowest BCUT2D eigenvalue weighted by Crippen LogP contribution is -1.90. The van der Waals surface area contributed by atoms with Gasteiger partial charge in [-0.2, -0.15) is 0 Å². The predicted octanol–water partition coefficient (Wildman–Crippen LogP) is 0.116. The Morgan fingerprint density at radius 2 is 2.33 bits per heavy atom. The molecule has 0 amide bonds. The fraction of sp³-hybridized carbons (Fsp3) is 1.00. The van der Waals surface area contributed by atoms with Crippen LogP contribution in [0.15, 0.2) is 0 Å². The molecule has 0 fully saturated rings. The van der Waals surface area contributed by atoms with E-state index in [4.69, 9.17) is 9.66 Å². The summed E-state index contributed by atoms with van der Waals surface area (Å²) in [5.41, 5.74) is 0. The first-order valence-electron chi connectivity index (χ1n) is 1.45. The van der Waals surface area contributed by atoms with Gasteiger partial charge in [-0.3, -0.25) is 4.18 Å². The van der Waals surface area contributed by atoms with Gasteiger partial charge in [0.05, 0.1) is 13.2 Å². The van der Waals surface area contributed by atoms with E-state index in [0.717, 1.165) is 0 Å². The number of aliphatic hydroxyl groups is 1. The molecule has 0 aliphatic heterocycles. The van der Waals surface area contributed by atoms with Gasteiger partial charge in [0.2, 0.25) is 0 Å². The van der Waals surface area contributed by atoms with Gasteiger partial charge in [0.15, 0.2) is 12.3 Å². The van der Waals surface area contributed by atoms with Crippen LogP contribution in [-0.4, -0.2) is 22.9 Å². The minimum absolute atomic E-state index is 0.0481. The highest BCUT2D eigenvalue weighted by Gasteiger charge is 1.76. The van der Waals surface area contributed by atoms with Crippen molar-refractivity contribution >= 4 is 12.3 Å². The van der Waals surface area contributed by atoms with Crippen LogP contribution in [0.5, 0.6) is 0 Å². The standard InChI is InChI=1S/C2H6O3S/c3-1-2-5-6-4/h3-4H,1-2H2. The third kappa shape index (κ3) is 4.23. The van der Waals surface area contributed by atoms with E-state index in [1.807, 2.05) is 0 Å². The molecule has 38 valence electrons. The number of rotatable bonds is 3. The topological polar surface area (TPSA) is 49.7 Å². The van der Waals surface area contributed by atoms with E-state index in [0.29, 0.717) is 0 Å². The molecule has 0 heterocycles. The molecule has 0 radical (unpaired) electrons. The van der Waals surface area contributed by atoms with Crippen LogP contribution in [0.2, 0.25) is 0 Å². The monoisotopic (exact) mass is 110 g/mol. The molecular formula is C2H6O3S. The van der Waals surface area contributed by atoms with Crippen molar-refractivity contribution in [1.82, 2.24) is 0 Å². The third-order valence-electron chi connectivity index (χ3n) is 0.227. The lowest BCUT2D eigenvalue weighted by Gasteiger charge is -1.87. The third-order valence-corrected chi connectivity index (χ3v) is 0.499. The molecule has 0 unspecified atom stereocenters. The zero-order valence-electron chi connectivity index (χ0n) is 3.13. The van der Waals surface area contributed by atoms with Gasteiger partial charge in [-0.25, -0.2) is 0 Å². The van der Waals surface area contributed by atoms with E-state index >= 15 is 0 Å². The SMILES string of the molecule is OCCOSO. The van der Waals surface area contributed by atoms with Crippen LogP contribution in [0.1, 0.15) is 0 Å². The van der Waals surface area contributed by atoms with Crippen LogP contribution in [0.25, 0.3) is 0 Å². The Morgan fingerprint density at radius 1 is 1.67 bits per heavy atom. The molecule has 2 N–H and O–H groups in total. The Bertz CT molecular complexity index is 20.8. The summed E-state index contributed by atoms with van der Waals surface area (Å²) in [6.45, 7) is 0.134. The highest BCUT2D eigenvalue weighted by Crippen LogP contribution is 1.89. The van der Waals surface area contributed by atoms with Crippen LogP contribution in [0.3, 0.4) is 0 Å². The normalized spacial score (nSPS) is 9.00. The quantitative estimate of drug-likeness (QED) is 0.400. The smallest absolute Gasteiger partial charge is 0.155 e. The molecule has 0 saturated heterocycles. The summed E-state index contributed by atoms with van der Waals surface area (Å²) in [6.07, 6.45) is 0. The summed E-state index contributed by atoms with van der Waals surface area (Å²) in [4.78, 5) is 0. The van der Waals surface area contributed by atoms with Crippen molar-refractivity contribution in [2.24, 2.45) is 0 Å². The molecule has 6 heavy (non-hydrogen) atoms. The molecule has 0 aromatic carbocycles. The maximum atomic E-state index is 7.95. The highest BCUT2D eigenvalue weighted by atomic mass is 32.2. The van der Waals surface area contributed by atoms with Crippen LogP contribution in [0.4, 0.5) is 0 Å². The molecule has 0 aromatic rings. The minimum Gasteiger partial charge on any atom is -0.394 e. The Morgan fingerprint density at radius 3 is 2.50 bits per heavy atom. The van der Waals surface area contributed by atoms with E-state index in [2.05, 4.69) is 4.18 Å². The molecular weight excluding hydrogens is 104 g/mol. The van der Waals surface area contributed by atoms with Crippen LogP contribution in [-0.2, 0) is 4.18 Å². The van der Waals surface area contributed by atoms with Crippen molar-refractivity contribution in [3.63, 3.8) is 0 Å². The largest absolute Gasteiger partial charge is 0.394 e. The maximum absolute atomic E-state index is 7.95. The second-order valence-corrected chi connectivity index (χ2v) is 1.00.